The summed E-state index contributed by atoms with van der Waals surface area (Å²) in [7, 11) is 1.93. The third-order valence-electron chi connectivity index (χ3n) is 2.58. The van der Waals surface area contributed by atoms with E-state index in [4.69, 9.17) is 0 Å². The Kier molecular flexibility index (Phi) is 3.42. The molecule has 0 bridgehead atoms. The van der Waals surface area contributed by atoms with Crippen LogP contribution in [0, 0.1) is 0 Å². The van der Waals surface area contributed by atoms with Crippen LogP contribution < -0.4 is 5.32 Å². The van der Waals surface area contributed by atoms with E-state index in [0.717, 1.165) is 12.4 Å². The van der Waals surface area contributed by atoms with Crippen LogP contribution in [0.4, 0.5) is 0 Å². The van der Waals surface area contributed by atoms with Crippen LogP contribution >= 0.6 is 11.8 Å². The van der Waals surface area contributed by atoms with E-state index in [2.05, 4.69) is 27.2 Å². The number of aromatic nitrogens is 3. The highest BCUT2D eigenvalue weighted by molar-refractivity contribution is 7.99. The lowest BCUT2D eigenvalue weighted by molar-refractivity contribution is 0.466. The molecule has 0 atom stereocenters. The van der Waals surface area contributed by atoms with Gasteiger partial charge in [0, 0.05) is 13.1 Å². The zero-order chi connectivity index (χ0) is 9.80. The molecular weight excluding hydrogens is 196 g/mol. The number of hydrogen-bond acceptors (Lipinski definition) is 4. The van der Waals surface area contributed by atoms with Crippen LogP contribution in [0.25, 0.3) is 0 Å². The lowest BCUT2D eigenvalue weighted by Crippen LogP contribution is -2.32. The minimum absolute atomic E-state index is 0.674. The van der Waals surface area contributed by atoms with Crippen LogP contribution in [0.2, 0.25) is 0 Å². The van der Waals surface area contributed by atoms with Gasteiger partial charge in [0.15, 0.2) is 0 Å². The highest BCUT2D eigenvalue weighted by Gasteiger charge is 2.13. The second-order valence-corrected chi connectivity index (χ2v) is 4.79. The van der Waals surface area contributed by atoms with Crippen molar-refractivity contribution in [1.82, 2.24) is 20.1 Å². The smallest absolute Gasteiger partial charge is 0.140 e. The molecule has 0 radical (unpaired) electrons. The predicted molar refractivity (Wildman–Crippen MR) is 58.2 cm³/mol. The summed E-state index contributed by atoms with van der Waals surface area (Å²) in [4.78, 5) is 4.18. The van der Waals surface area contributed by atoms with E-state index in [1.54, 1.807) is 6.33 Å². The fourth-order valence-electron chi connectivity index (χ4n) is 1.62. The molecule has 4 nitrogen and oxygen atoms in total. The van der Waals surface area contributed by atoms with Gasteiger partial charge in [-0.1, -0.05) is 0 Å². The Morgan fingerprint density at radius 2 is 2.36 bits per heavy atom. The maximum Gasteiger partial charge on any atom is 0.140 e. The van der Waals surface area contributed by atoms with Crippen LogP contribution in [-0.2, 0) is 13.6 Å². The van der Waals surface area contributed by atoms with Crippen molar-refractivity contribution in [3.8, 4) is 0 Å². The molecule has 1 saturated heterocycles. The van der Waals surface area contributed by atoms with Crippen LogP contribution in [-0.4, -0.2) is 32.3 Å². The summed E-state index contributed by atoms with van der Waals surface area (Å²) in [5.74, 6) is 3.59. The highest BCUT2D eigenvalue weighted by atomic mass is 32.2. The van der Waals surface area contributed by atoms with Gasteiger partial charge >= 0.3 is 0 Å². The lowest BCUT2D eigenvalue weighted by Gasteiger charge is -2.22. The first-order valence-corrected chi connectivity index (χ1v) is 6.16. The quantitative estimate of drug-likeness (QED) is 0.805. The van der Waals surface area contributed by atoms with Crippen LogP contribution in [0.3, 0.4) is 0 Å². The molecule has 0 spiro atoms. The standard InChI is InChI=1S/C9H16N4S/c1-13-9(11-7-12-13)6-10-8-2-4-14-5-3-8/h7-8,10H,2-6H2,1H3. The van der Waals surface area contributed by atoms with Crippen molar-refractivity contribution in [2.24, 2.45) is 7.05 Å². The molecule has 2 rings (SSSR count). The second-order valence-electron chi connectivity index (χ2n) is 3.57. The SMILES string of the molecule is Cn1ncnc1CNC1CCSCC1. The minimum atomic E-state index is 0.674. The number of hydrogen-bond donors (Lipinski definition) is 1. The highest BCUT2D eigenvalue weighted by Crippen LogP contribution is 2.16. The Morgan fingerprint density at radius 1 is 1.57 bits per heavy atom. The maximum absolute atomic E-state index is 4.18. The number of nitrogens with zero attached hydrogens (tertiary/aromatic N) is 3. The Morgan fingerprint density at radius 3 is 3.00 bits per heavy atom. The van der Waals surface area contributed by atoms with E-state index in [1.807, 2.05) is 11.7 Å². The summed E-state index contributed by atoms with van der Waals surface area (Å²) in [6, 6.07) is 0.674. The number of rotatable bonds is 3. The predicted octanol–water partition coefficient (Wildman–Crippen LogP) is 0.800. The van der Waals surface area contributed by atoms with Gasteiger partial charge in [-0.15, -0.1) is 0 Å². The van der Waals surface area contributed by atoms with Gasteiger partial charge in [-0.05, 0) is 24.3 Å². The summed E-state index contributed by atoms with van der Waals surface area (Å²) < 4.78 is 1.82. The Bertz CT molecular complexity index is 280. The lowest BCUT2D eigenvalue weighted by atomic mass is 10.1. The zero-order valence-electron chi connectivity index (χ0n) is 8.44. The molecular formula is C9H16N4S. The fourth-order valence-corrected chi connectivity index (χ4v) is 2.72. The molecule has 1 aromatic rings. The van der Waals surface area contributed by atoms with Crippen molar-refractivity contribution in [3.05, 3.63) is 12.2 Å². The fraction of sp³-hybridized carbons (Fsp3) is 0.778. The molecule has 1 aliphatic rings. The molecule has 2 heterocycles. The molecule has 5 heteroatoms. The van der Waals surface area contributed by atoms with E-state index >= 15 is 0 Å². The van der Waals surface area contributed by atoms with Crippen LogP contribution in [0.15, 0.2) is 6.33 Å². The molecule has 0 aliphatic carbocycles. The maximum atomic E-state index is 4.18. The van der Waals surface area contributed by atoms with Gasteiger partial charge in [0.2, 0.25) is 0 Å². The monoisotopic (exact) mass is 212 g/mol. The van der Waals surface area contributed by atoms with Crippen molar-refractivity contribution in [3.63, 3.8) is 0 Å². The first kappa shape index (κ1) is 9.98. The molecule has 0 aromatic carbocycles. The summed E-state index contributed by atoms with van der Waals surface area (Å²) in [6.45, 7) is 0.839. The van der Waals surface area contributed by atoms with Gasteiger partial charge in [-0.25, -0.2) is 4.98 Å². The Hall–Kier alpha value is -0.550. The van der Waals surface area contributed by atoms with Gasteiger partial charge in [0.25, 0.3) is 0 Å². The number of nitrogens with one attached hydrogen (secondary N) is 1. The molecule has 1 fully saturated rings. The number of thioether (sulfide) groups is 1. The third kappa shape index (κ3) is 2.48. The minimum Gasteiger partial charge on any atom is -0.307 e. The van der Waals surface area contributed by atoms with Crippen molar-refractivity contribution < 1.29 is 0 Å². The van der Waals surface area contributed by atoms with Gasteiger partial charge in [-0.2, -0.15) is 16.9 Å². The average Bonchev–Trinajstić information content (AvgIpc) is 2.63. The molecule has 78 valence electrons. The zero-order valence-corrected chi connectivity index (χ0v) is 9.26. The van der Waals surface area contributed by atoms with Crippen molar-refractivity contribution in [2.75, 3.05) is 11.5 Å². The number of aryl methyl sites for hydroxylation is 1. The molecule has 0 saturated carbocycles. The molecule has 14 heavy (non-hydrogen) atoms. The first-order chi connectivity index (χ1) is 6.86. The van der Waals surface area contributed by atoms with Gasteiger partial charge in [0.05, 0.1) is 6.54 Å². The first-order valence-electron chi connectivity index (χ1n) is 5.00. The van der Waals surface area contributed by atoms with Crippen LogP contribution in [0.1, 0.15) is 18.7 Å². The second kappa shape index (κ2) is 4.79. The van der Waals surface area contributed by atoms with Crippen LogP contribution in [0.5, 0.6) is 0 Å². The van der Waals surface area contributed by atoms with Crippen molar-refractivity contribution >= 4 is 11.8 Å². The van der Waals surface area contributed by atoms with Gasteiger partial charge in [0.1, 0.15) is 12.2 Å². The topological polar surface area (TPSA) is 42.7 Å². The molecule has 1 aliphatic heterocycles. The molecule has 0 unspecified atom stereocenters. The largest absolute Gasteiger partial charge is 0.307 e. The Balaban J connectivity index is 1.79. The summed E-state index contributed by atoms with van der Waals surface area (Å²) in [5.41, 5.74) is 0. The van der Waals surface area contributed by atoms with E-state index in [9.17, 15) is 0 Å². The van der Waals surface area contributed by atoms with E-state index in [-0.39, 0.29) is 0 Å². The van der Waals surface area contributed by atoms with E-state index in [0.29, 0.717) is 6.04 Å². The average molecular weight is 212 g/mol. The van der Waals surface area contributed by atoms with E-state index in [1.165, 1.54) is 24.3 Å². The summed E-state index contributed by atoms with van der Waals surface area (Å²) in [5, 5.41) is 7.57. The van der Waals surface area contributed by atoms with Crippen molar-refractivity contribution in [1.29, 1.82) is 0 Å². The summed E-state index contributed by atoms with van der Waals surface area (Å²) in [6.07, 6.45) is 4.17. The van der Waals surface area contributed by atoms with Crippen molar-refractivity contribution in [2.45, 2.75) is 25.4 Å². The normalized spacial score (nSPS) is 18.6. The van der Waals surface area contributed by atoms with Gasteiger partial charge < -0.3 is 5.32 Å². The van der Waals surface area contributed by atoms with E-state index < -0.39 is 0 Å². The Labute approximate surface area is 88.5 Å². The molecule has 1 aromatic heterocycles. The molecule has 1 N–H and O–H groups in total. The molecule has 0 amide bonds. The van der Waals surface area contributed by atoms with Gasteiger partial charge in [-0.3, -0.25) is 4.68 Å². The third-order valence-corrected chi connectivity index (χ3v) is 3.62. The summed E-state index contributed by atoms with van der Waals surface area (Å²) >= 11 is 2.05.